The Kier molecular flexibility index (Phi) is 5.25. The Hall–Kier alpha value is -2.56. The van der Waals surface area contributed by atoms with Crippen LogP contribution in [0.1, 0.15) is 36.1 Å². The number of halogens is 2. The molecule has 146 valence electrons. The summed E-state index contributed by atoms with van der Waals surface area (Å²) < 4.78 is 26.8. The predicted octanol–water partition coefficient (Wildman–Crippen LogP) is 4.73. The molecule has 2 heterocycles. The summed E-state index contributed by atoms with van der Waals surface area (Å²) in [4.78, 5) is 18.9. The third-order valence-corrected chi connectivity index (χ3v) is 5.72. The number of nitrogens with zero attached hydrogens (tertiary/aromatic N) is 2. The number of hydrogen-bond donors (Lipinski definition) is 0. The van der Waals surface area contributed by atoms with Gasteiger partial charge in [0.25, 0.3) is 0 Å². The molecular weight excluding hydrogens is 358 g/mol. The number of rotatable bonds is 3. The first-order valence-electron chi connectivity index (χ1n) is 9.85. The second-order valence-electron chi connectivity index (χ2n) is 7.82. The van der Waals surface area contributed by atoms with Gasteiger partial charge in [-0.2, -0.15) is 0 Å². The van der Waals surface area contributed by atoms with E-state index in [1.165, 1.54) is 6.07 Å². The number of aromatic nitrogens is 1. The number of allylic oxidation sites excluding steroid dienone is 1. The second kappa shape index (κ2) is 7.82. The first-order chi connectivity index (χ1) is 13.5. The van der Waals surface area contributed by atoms with E-state index in [4.69, 9.17) is 0 Å². The van der Waals surface area contributed by atoms with Crippen LogP contribution in [0.3, 0.4) is 0 Å². The number of aryl methyl sites for hydroxylation is 1. The van der Waals surface area contributed by atoms with E-state index in [0.29, 0.717) is 37.9 Å². The Bertz CT molecular complexity index is 917. The first kappa shape index (κ1) is 18.8. The Morgan fingerprint density at radius 1 is 1.21 bits per heavy atom. The first-order valence-corrected chi connectivity index (χ1v) is 9.85. The summed E-state index contributed by atoms with van der Waals surface area (Å²) in [6.07, 6.45) is 7.14. The molecule has 0 radical (unpaired) electrons. The largest absolute Gasteiger partial charge is 0.342 e. The highest BCUT2D eigenvalue weighted by atomic mass is 19.1. The average Bonchev–Trinajstić information content (AvgIpc) is 2.70. The summed E-state index contributed by atoms with van der Waals surface area (Å²) in [6, 6.07) is 7.16. The van der Waals surface area contributed by atoms with Crippen molar-refractivity contribution in [3.05, 3.63) is 59.2 Å². The van der Waals surface area contributed by atoms with E-state index in [-0.39, 0.29) is 17.6 Å². The summed E-state index contributed by atoms with van der Waals surface area (Å²) in [5.74, 6) is 0.00588. The molecule has 0 bridgehead atoms. The Morgan fingerprint density at radius 2 is 2.00 bits per heavy atom. The van der Waals surface area contributed by atoms with Crippen molar-refractivity contribution in [2.75, 3.05) is 13.1 Å². The number of fused-ring (bicyclic) bond motifs is 1. The minimum Gasteiger partial charge on any atom is -0.342 e. The highest BCUT2D eigenvalue weighted by Gasteiger charge is 2.25. The fourth-order valence-electron chi connectivity index (χ4n) is 3.99. The minimum atomic E-state index is -0.773. The number of likely N-dealkylation sites (tertiary alicyclic amines) is 1. The lowest BCUT2D eigenvalue weighted by molar-refractivity contribution is -0.133. The van der Waals surface area contributed by atoms with Gasteiger partial charge in [-0.3, -0.25) is 9.78 Å². The zero-order valence-electron chi connectivity index (χ0n) is 16.0. The Balaban J connectivity index is 1.47. The fraction of sp³-hybridized carbons (Fsp3) is 0.391. The van der Waals surface area contributed by atoms with Crippen molar-refractivity contribution >= 4 is 12.0 Å². The second-order valence-corrected chi connectivity index (χ2v) is 7.82. The number of hydrogen-bond acceptors (Lipinski definition) is 2. The van der Waals surface area contributed by atoms with Crippen LogP contribution in [0.5, 0.6) is 0 Å². The number of carbonyl (C=O) groups is 1. The lowest BCUT2D eigenvalue weighted by Gasteiger charge is -2.30. The highest BCUT2D eigenvalue weighted by molar-refractivity contribution is 5.77. The number of pyridine rings is 1. The average molecular weight is 382 g/mol. The molecule has 4 rings (SSSR count). The molecule has 28 heavy (non-hydrogen) atoms. The molecule has 2 aromatic rings. The van der Waals surface area contributed by atoms with Crippen LogP contribution in [0.2, 0.25) is 0 Å². The van der Waals surface area contributed by atoms with Crippen molar-refractivity contribution in [1.82, 2.24) is 9.88 Å². The molecular formula is C23H24F2N2O. The van der Waals surface area contributed by atoms with Crippen molar-refractivity contribution in [3.63, 3.8) is 0 Å². The van der Waals surface area contributed by atoms with E-state index < -0.39 is 6.17 Å². The third kappa shape index (κ3) is 3.98. The summed E-state index contributed by atoms with van der Waals surface area (Å²) in [5.41, 5.74) is 4.51. The molecule has 1 unspecified atom stereocenters. The summed E-state index contributed by atoms with van der Waals surface area (Å²) in [5, 5.41) is 0. The quantitative estimate of drug-likeness (QED) is 0.769. The molecule has 1 aromatic heterocycles. The van der Waals surface area contributed by atoms with Crippen molar-refractivity contribution in [1.29, 1.82) is 0 Å². The molecule has 0 N–H and O–H groups in total. The number of carbonyl (C=O) groups excluding carboxylic acids is 1. The Labute approximate surface area is 164 Å². The molecule has 1 aromatic carbocycles. The van der Waals surface area contributed by atoms with Gasteiger partial charge in [0.1, 0.15) is 12.0 Å². The zero-order valence-corrected chi connectivity index (χ0v) is 16.0. The van der Waals surface area contributed by atoms with Crippen LogP contribution in [0.25, 0.3) is 17.2 Å². The number of piperidine rings is 1. The molecule has 2 aliphatic rings. The van der Waals surface area contributed by atoms with Crippen LogP contribution in [0.15, 0.2) is 36.5 Å². The van der Waals surface area contributed by atoms with Crippen LogP contribution in [-0.4, -0.2) is 35.1 Å². The van der Waals surface area contributed by atoms with Gasteiger partial charge in [-0.1, -0.05) is 12.1 Å². The maximum Gasteiger partial charge on any atom is 0.223 e. The van der Waals surface area contributed by atoms with Crippen molar-refractivity contribution in [2.45, 2.75) is 38.8 Å². The van der Waals surface area contributed by atoms with Gasteiger partial charge in [-0.15, -0.1) is 0 Å². The van der Waals surface area contributed by atoms with Gasteiger partial charge in [0, 0.05) is 31.3 Å². The number of alkyl halides is 1. The van der Waals surface area contributed by atoms with Crippen molar-refractivity contribution in [2.24, 2.45) is 5.92 Å². The van der Waals surface area contributed by atoms with Gasteiger partial charge in [-0.05, 0) is 73.1 Å². The van der Waals surface area contributed by atoms with E-state index in [1.807, 2.05) is 18.3 Å². The lowest BCUT2D eigenvalue weighted by Crippen LogP contribution is -2.39. The standard InChI is InChI=1S/C23H24F2N2O/c1-15-10-17(3-4-21(15)25)19-13-18-11-16(2-5-22(18)26-14-19)12-23(28)27-8-6-20(24)7-9-27/h2-5,10,13-14,16,20H,6-9,11-12H2,1H3. The van der Waals surface area contributed by atoms with Gasteiger partial charge in [0.15, 0.2) is 0 Å². The minimum absolute atomic E-state index is 0.100. The normalized spacial score (nSPS) is 19.5. The molecule has 1 aliphatic carbocycles. The van der Waals surface area contributed by atoms with Crippen LogP contribution in [-0.2, 0) is 11.2 Å². The van der Waals surface area contributed by atoms with Gasteiger partial charge < -0.3 is 4.90 Å². The van der Waals surface area contributed by atoms with Gasteiger partial charge in [-0.25, -0.2) is 8.78 Å². The molecule has 1 saturated heterocycles. The Morgan fingerprint density at radius 3 is 2.75 bits per heavy atom. The monoisotopic (exact) mass is 382 g/mol. The van der Waals surface area contributed by atoms with Gasteiger partial charge in [0.05, 0.1) is 5.69 Å². The predicted molar refractivity (Wildman–Crippen MR) is 106 cm³/mol. The molecule has 1 fully saturated rings. The molecule has 5 heteroatoms. The van der Waals surface area contributed by atoms with Crippen LogP contribution >= 0.6 is 0 Å². The smallest absolute Gasteiger partial charge is 0.223 e. The van der Waals surface area contributed by atoms with Crippen molar-refractivity contribution < 1.29 is 13.6 Å². The maximum absolute atomic E-state index is 13.6. The summed E-state index contributed by atoms with van der Waals surface area (Å²) >= 11 is 0. The topological polar surface area (TPSA) is 33.2 Å². The fourth-order valence-corrected chi connectivity index (χ4v) is 3.99. The SMILES string of the molecule is Cc1cc(-c2cnc3c(c2)CC(CC(=O)N2CCC(F)CC2)C=C3)ccc1F. The molecule has 1 amide bonds. The van der Waals surface area contributed by atoms with E-state index in [2.05, 4.69) is 17.1 Å². The molecule has 1 atom stereocenters. The van der Waals surface area contributed by atoms with E-state index >= 15 is 0 Å². The van der Waals surface area contributed by atoms with Gasteiger partial charge >= 0.3 is 0 Å². The third-order valence-electron chi connectivity index (χ3n) is 5.72. The van der Waals surface area contributed by atoms with Gasteiger partial charge in [0.2, 0.25) is 5.91 Å². The van der Waals surface area contributed by atoms with Crippen molar-refractivity contribution in [3.8, 4) is 11.1 Å². The van der Waals surface area contributed by atoms with Crippen LogP contribution in [0.4, 0.5) is 8.78 Å². The zero-order chi connectivity index (χ0) is 19.7. The van der Waals surface area contributed by atoms with E-state index in [0.717, 1.165) is 28.8 Å². The van der Waals surface area contributed by atoms with E-state index in [1.54, 1.807) is 17.9 Å². The molecule has 0 spiro atoms. The summed E-state index contributed by atoms with van der Waals surface area (Å²) in [6.45, 7) is 2.78. The van der Waals surface area contributed by atoms with Crippen LogP contribution < -0.4 is 0 Å². The molecule has 3 nitrogen and oxygen atoms in total. The highest BCUT2D eigenvalue weighted by Crippen LogP contribution is 2.29. The van der Waals surface area contributed by atoms with Crippen LogP contribution in [0, 0.1) is 18.7 Å². The maximum atomic E-state index is 13.6. The van der Waals surface area contributed by atoms with E-state index in [9.17, 15) is 13.6 Å². The lowest BCUT2D eigenvalue weighted by atomic mass is 9.88. The molecule has 1 aliphatic heterocycles. The molecule has 0 saturated carbocycles. The number of amides is 1. The number of benzene rings is 1. The summed E-state index contributed by atoms with van der Waals surface area (Å²) in [7, 11) is 0.